The zero-order valence-electron chi connectivity index (χ0n) is 17.3. The summed E-state index contributed by atoms with van der Waals surface area (Å²) in [5.74, 6) is 1.63. The fourth-order valence-corrected chi connectivity index (χ4v) is 3.51. The maximum atomic E-state index is 6.02. The molecule has 0 aliphatic heterocycles. The van der Waals surface area contributed by atoms with E-state index in [9.17, 15) is 0 Å². The molecule has 0 heterocycles. The Kier molecular flexibility index (Phi) is 7.98. The van der Waals surface area contributed by atoms with E-state index in [0.717, 1.165) is 36.6 Å². The van der Waals surface area contributed by atoms with Crippen molar-refractivity contribution in [2.24, 2.45) is 0 Å². The van der Waals surface area contributed by atoms with Gasteiger partial charge in [0, 0.05) is 6.54 Å². The number of allylic oxidation sites excluding steroid dienone is 1. The quantitative estimate of drug-likeness (QED) is 0.408. The lowest BCUT2D eigenvalue weighted by Gasteiger charge is -2.15. The van der Waals surface area contributed by atoms with Crippen molar-refractivity contribution in [3.63, 3.8) is 0 Å². The van der Waals surface area contributed by atoms with Crippen LogP contribution >= 0.6 is 0 Å². The lowest BCUT2D eigenvalue weighted by Crippen LogP contribution is -2.15. The first-order chi connectivity index (χ1) is 13.7. The van der Waals surface area contributed by atoms with Crippen LogP contribution in [0.2, 0.25) is 0 Å². The van der Waals surface area contributed by atoms with Crippen molar-refractivity contribution in [3.8, 4) is 11.5 Å². The van der Waals surface area contributed by atoms with Crippen LogP contribution < -0.4 is 14.8 Å². The molecular weight excluding hydrogens is 346 g/mol. The number of rotatable bonds is 10. The van der Waals surface area contributed by atoms with Crippen LogP contribution in [0, 0.1) is 6.92 Å². The Labute approximate surface area is 169 Å². The first-order valence-corrected chi connectivity index (χ1v) is 10.6. The van der Waals surface area contributed by atoms with Crippen LogP contribution in [0.1, 0.15) is 55.7 Å². The molecule has 0 saturated heterocycles. The van der Waals surface area contributed by atoms with Gasteiger partial charge in [-0.25, -0.2) is 0 Å². The highest BCUT2D eigenvalue weighted by molar-refractivity contribution is 5.43. The van der Waals surface area contributed by atoms with Gasteiger partial charge in [0.2, 0.25) is 0 Å². The molecule has 0 atom stereocenters. The third kappa shape index (κ3) is 6.42. The second-order valence-electron chi connectivity index (χ2n) is 7.52. The molecule has 0 aromatic heterocycles. The van der Waals surface area contributed by atoms with Gasteiger partial charge >= 0.3 is 0 Å². The predicted octanol–water partition coefficient (Wildman–Crippen LogP) is 5.95. The molecule has 0 spiro atoms. The molecule has 150 valence electrons. The second-order valence-corrected chi connectivity index (χ2v) is 7.52. The Morgan fingerprint density at radius 2 is 1.75 bits per heavy atom. The summed E-state index contributed by atoms with van der Waals surface area (Å²) >= 11 is 0. The Morgan fingerprint density at radius 1 is 0.929 bits per heavy atom. The fraction of sp³-hybridized carbons (Fsp3) is 0.440. The first-order valence-electron chi connectivity index (χ1n) is 10.6. The third-order valence-electron chi connectivity index (χ3n) is 5.16. The van der Waals surface area contributed by atoms with Gasteiger partial charge in [-0.05, 0) is 75.8 Å². The molecule has 2 aromatic rings. The average molecular weight is 380 g/mol. The molecular formula is C25H33NO2. The summed E-state index contributed by atoms with van der Waals surface area (Å²) in [4.78, 5) is 0. The van der Waals surface area contributed by atoms with Crippen molar-refractivity contribution in [1.82, 2.24) is 5.32 Å². The Balaban J connectivity index is 1.52. The maximum absolute atomic E-state index is 6.02. The lowest BCUT2D eigenvalue weighted by molar-refractivity contribution is 0.269. The molecule has 3 rings (SSSR count). The summed E-state index contributed by atoms with van der Waals surface area (Å²) in [6, 6.07) is 14.7. The van der Waals surface area contributed by atoms with Crippen LogP contribution in [-0.2, 0) is 13.2 Å². The highest BCUT2D eigenvalue weighted by Gasteiger charge is 2.08. The fourth-order valence-electron chi connectivity index (χ4n) is 3.51. The van der Waals surface area contributed by atoms with Crippen LogP contribution in [0.5, 0.6) is 11.5 Å². The van der Waals surface area contributed by atoms with Gasteiger partial charge in [0.25, 0.3) is 0 Å². The molecule has 0 radical (unpaired) electrons. The van der Waals surface area contributed by atoms with Crippen molar-refractivity contribution in [2.75, 3.05) is 13.2 Å². The highest BCUT2D eigenvalue weighted by Crippen LogP contribution is 2.29. The minimum Gasteiger partial charge on any atom is -0.490 e. The van der Waals surface area contributed by atoms with E-state index < -0.39 is 0 Å². The minimum atomic E-state index is 0.549. The zero-order chi connectivity index (χ0) is 19.6. The molecule has 3 nitrogen and oxygen atoms in total. The standard InChI is InChI=1S/C25H33NO2/c1-3-27-25-17-23(18-26-16-15-21-7-5-4-6-8-21)13-14-24(25)28-19-22-11-9-20(2)10-12-22/h7,9-14,17,26H,3-6,8,15-16,18-19H2,1-2H3. The minimum absolute atomic E-state index is 0.549. The smallest absolute Gasteiger partial charge is 0.161 e. The van der Waals surface area contributed by atoms with Gasteiger partial charge in [-0.2, -0.15) is 0 Å². The Bertz CT molecular complexity index is 765. The molecule has 3 heteroatoms. The monoisotopic (exact) mass is 379 g/mol. The summed E-state index contributed by atoms with van der Waals surface area (Å²) in [5.41, 5.74) is 5.27. The average Bonchev–Trinajstić information content (AvgIpc) is 2.73. The molecule has 28 heavy (non-hydrogen) atoms. The van der Waals surface area contributed by atoms with E-state index in [0.29, 0.717) is 13.2 Å². The van der Waals surface area contributed by atoms with Crippen LogP contribution in [-0.4, -0.2) is 13.2 Å². The van der Waals surface area contributed by atoms with Crippen LogP contribution in [0.25, 0.3) is 0 Å². The van der Waals surface area contributed by atoms with Crippen molar-refractivity contribution >= 4 is 0 Å². The number of hydrogen-bond acceptors (Lipinski definition) is 3. The predicted molar refractivity (Wildman–Crippen MR) is 116 cm³/mol. The van der Waals surface area contributed by atoms with Gasteiger partial charge in [0.15, 0.2) is 11.5 Å². The van der Waals surface area contributed by atoms with E-state index in [4.69, 9.17) is 9.47 Å². The van der Waals surface area contributed by atoms with Crippen LogP contribution in [0.4, 0.5) is 0 Å². The number of aryl methyl sites for hydroxylation is 1. The van der Waals surface area contributed by atoms with E-state index in [1.165, 1.54) is 36.8 Å². The summed E-state index contributed by atoms with van der Waals surface area (Å²) in [6.07, 6.45) is 8.85. The van der Waals surface area contributed by atoms with Crippen LogP contribution in [0.15, 0.2) is 54.1 Å². The van der Waals surface area contributed by atoms with Gasteiger partial charge < -0.3 is 14.8 Å². The molecule has 1 aliphatic rings. The van der Waals surface area contributed by atoms with E-state index in [1.54, 1.807) is 5.57 Å². The number of benzene rings is 2. The molecule has 0 unspecified atom stereocenters. The number of hydrogen-bond donors (Lipinski definition) is 1. The summed E-state index contributed by atoms with van der Waals surface area (Å²) in [6.45, 7) is 7.16. The van der Waals surface area contributed by atoms with E-state index >= 15 is 0 Å². The normalized spacial score (nSPS) is 13.9. The molecule has 2 aromatic carbocycles. The van der Waals surface area contributed by atoms with Crippen LogP contribution in [0.3, 0.4) is 0 Å². The van der Waals surface area contributed by atoms with Crippen molar-refractivity contribution < 1.29 is 9.47 Å². The highest BCUT2D eigenvalue weighted by atomic mass is 16.5. The molecule has 1 N–H and O–H groups in total. The molecule has 0 fully saturated rings. The Morgan fingerprint density at radius 3 is 2.50 bits per heavy atom. The first kappa shape index (κ1) is 20.5. The van der Waals surface area contributed by atoms with Crippen molar-refractivity contribution in [1.29, 1.82) is 0 Å². The second kappa shape index (κ2) is 10.9. The largest absolute Gasteiger partial charge is 0.490 e. The third-order valence-corrected chi connectivity index (χ3v) is 5.16. The van der Waals surface area contributed by atoms with E-state index in [2.05, 4.69) is 54.7 Å². The topological polar surface area (TPSA) is 30.5 Å². The van der Waals surface area contributed by atoms with E-state index in [-0.39, 0.29) is 0 Å². The lowest BCUT2D eigenvalue weighted by atomic mass is 9.97. The number of ether oxygens (including phenoxy) is 2. The van der Waals surface area contributed by atoms with Gasteiger partial charge in [-0.3, -0.25) is 0 Å². The SMILES string of the molecule is CCOc1cc(CNCCC2=CCCCC2)ccc1OCc1ccc(C)cc1. The maximum Gasteiger partial charge on any atom is 0.161 e. The zero-order valence-corrected chi connectivity index (χ0v) is 17.3. The van der Waals surface area contributed by atoms with Gasteiger partial charge in [0.05, 0.1) is 6.61 Å². The summed E-state index contributed by atoms with van der Waals surface area (Å²) in [5, 5.41) is 3.56. The van der Waals surface area contributed by atoms with Gasteiger partial charge in [-0.1, -0.05) is 47.5 Å². The molecule has 0 saturated carbocycles. The van der Waals surface area contributed by atoms with Gasteiger partial charge in [-0.15, -0.1) is 0 Å². The molecule has 0 amide bonds. The van der Waals surface area contributed by atoms with Crippen molar-refractivity contribution in [2.45, 2.75) is 59.1 Å². The molecule has 1 aliphatic carbocycles. The molecule has 0 bridgehead atoms. The van der Waals surface area contributed by atoms with Gasteiger partial charge in [0.1, 0.15) is 6.61 Å². The summed E-state index contributed by atoms with van der Waals surface area (Å²) in [7, 11) is 0. The van der Waals surface area contributed by atoms with E-state index in [1.807, 2.05) is 13.0 Å². The number of nitrogens with one attached hydrogen (secondary N) is 1. The summed E-state index contributed by atoms with van der Waals surface area (Å²) < 4.78 is 11.8. The Hall–Kier alpha value is -2.26. The van der Waals surface area contributed by atoms with Crippen molar-refractivity contribution in [3.05, 3.63) is 70.8 Å².